The van der Waals surface area contributed by atoms with Crippen molar-refractivity contribution >= 4 is 5.91 Å². The topological polar surface area (TPSA) is 29.5 Å². The smallest absolute Gasteiger partial charge is 0.260 e. The van der Waals surface area contributed by atoms with E-state index in [9.17, 15) is 4.79 Å². The first-order valence-electron chi connectivity index (χ1n) is 8.70. The predicted molar refractivity (Wildman–Crippen MR) is 96.2 cm³/mol. The number of amides is 1. The Morgan fingerprint density at radius 1 is 0.958 bits per heavy atom. The number of hydrogen-bond acceptors (Lipinski definition) is 2. The molecule has 24 heavy (non-hydrogen) atoms. The number of nitrogens with zero attached hydrogens (tertiary/aromatic N) is 1. The Labute approximate surface area is 144 Å². The van der Waals surface area contributed by atoms with Crippen molar-refractivity contribution in [2.24, 2.45) is 0 Å². The lowest BCUT2D eigenvalue weighted by atomic mass is 10.1. The Hall–Kier alpha value is -2.29. The van der Waals surface area contributed by atoms with Crippen LogP contribution in [0.5, 0.6) is 5.75 Å². The van der Waals surface area contributed by atoms with E-state index in [0.29, 0.717) is 12.1 Å². The molecule has 126 valence electrons. The van der Waals surface area contributed by atoms with Crippen LogP contribution in [0.15, 0.2) is 54.6 Å². The Morgan fingerprint density at radius 3 is 2.17 bits per heavy atom. The molecule has 0 saturated carbocycles. The normalized spacial score (nSPS) is 20.2. The third-order valence-electron chi connectivity index (χ3n) is 4.78. The number of ether oxygens (including phenoxy) is 1. The number of carbonyl (C=O) groups excluding carboxylic acids is 1. The van der Waals surface area contributed by atoms with Crippen LogP contribution < -0.4 is 4.74 Å². The first-order valence-corrected chi connectivity index (χ1v) is 8.70. The van der Waals surface area contributed by atoms with Gasteiger partial charge in [0.2, 0.25) is 0 Å². The second kappa shape index (κ2) is 7.52. The SMILES string of the molecule is CC1CCC(C)N1C(=O)COc1ccc(Cc2ccccc2)cc1. The van der Waals surface area contributed by atoms with Gasteiger partial charge in [0.25, 0.3) is 5.91 Å². The molecule has 0 aliphatic carbocycles. The van der Waals surface area contributed by atoms with Crippen LogP contribution in [0.1, 0.15) is 37.8 Å². The van der Waals surface area contributed by atoms with Crippen LogP contribution in [0.25, 0.3) is 0 Å². The molecule has 1 aliphatic rings. The zero-order chi connectivity index (χ0) is 16.9. The Kier molecular flexibility index (Phi) is 5.19. The van der Waals surface area contributed by atoms with Crippen LogP contribution >= 0.6 is 0 Å². The molecule has 1 aliphatic heterocycles. The van der Waals surface area contributed by atoms with E-state index >= 15 is 0 Å². The summed E-state index contributed by atoms with van der Waals surface area (Å²) in [6.45, 7) is 4.34. The molecule has 1 fully saturated rings. The summed E-state index contributed by atoms with van der Waals surface area (Å²) in [6, 6.07) is 19.1. The molecular formula is C21H25NO2. The van der Waals surface area contributed by atoms with Crippen LogP contribution in [0.4, 0.5) is 0 Å². The first kappa shape index (κ1) is 16.6. The van der Waals surface area contributed by atoms with Gasteiger partial charge >= 0.3 is 0 Å². The first-order chi connectivity index (χ1) is 11.6. The predicted octanol–water partition coefficient (Wildman–Crippen LogP) is 4.06. The van der Waals surface area contributed by atoms with Gasteiger partial charge in [0.1, 0.15) is 5.75 Å². The minimum absolute atomic E-state index is 0.0841. The van der Waals surface area contributed by atoms with Gasteiger partial charge in [0, 0.05) is 12.1 Å². The van der Waals surface area contributed by atoms with Gasteiger partial charge in [-0.1, -0.05) is 42.5 Å². The zero-order valence-corrected chi connectivity index (χ0v) is 14.4. The minimum Gasteiger partial charge on any atom is -0.484 e. The molecule has 1 amide bonds. The number of carbonyl (C=O) groups is 1. The molecule has 1 saturated heterocycles. The average Bonchev–Trinajstić information content (AvgIpc) is 2.94. The van der Waals surface area contributed by atoms with E-state index in [0.717, 1.165) is 25.0 Å². The monoisotopic (exact) mass is 323 g/mol. The van der Waals surface area contributed by atoms with Crippen LogP contribution in [0.2, 0.25) is 0 Å². The third-order valence-corrected chi connectivity index (χ3v) is 4.78. The van der Waals surface area contributed by atoms with E-state index < -0.39 is 0 Å². The number of benzene rings is 2. The van der Waals surface area contributed by atoms with Crippen molar-refractivity contribution in [1.82, 2.24) is 4.90 Å². The highest BCUT2D eigenvalue weighted by Crippen LogP contribution is 2.23. The largest absolute Gasteiger partial charge is 0.484 e. The van der Waals surface area contributed by atoms with Gasteiger partial charge in [-0.3, -0.25) is 4.79 Å². The number of hydrogen-bond donors (Lipinski definition) is 0. The van der Waals surface area contributed by atoms with Crippen LogP contribution in [-0.4, -0.2) is 29.5 Å². The van der Waals surface area contributed by atoms with Crippen LogP contribution in [0.3, 0.4) is 0 Å². The summed E-state index contributed by atoms with van der Waals surface area (Å²) in [6.07, 6.45) is 3.07. The Bertz CT molecular complexity index is 656. The third kappa shape index (κ3) is 3.97. The molecule has 1 heterocycles. The van der Waals surface area contributed by atoms with Crippen LogP contribution in [-0.2, 0) is 11.2 Å². The molecule has 0 aromatic heterocycles. The summed E-state index contributed by atoms with van der Waals surface area (Å²) in [5.74, 6) is 0.834. The fraction of sp³-hybridized carbons (Fsp3) is 0.381. The fourth-order valence-electron chi connectivity index (χ4n) is 3.44. The quantitative estimate of drug-likeness (QED) is 0.830. The van der Waals surface area contributed by atoms with E-state index in [1.165, 1.54) is 11.1 Å². The second-order valence-corrected chi connectivity index (χ2v) is 6.67. The average molecular weight is 323 g/mol. The van der Waals surface area contributed by atoms with Crippen molar-refractivity contribution in [3.8, 4) is 5.75 Å². The highest BCUT2D eigenvalue weighted by Gasteiger charge is 2.31. The molecule has 3 nitrogen and oxygen atoms in total. The van der Waals surface area contributed by atoms with Crippen molar-refractivity contribution < 1.29 is 9.53 Å². The van der Waals surface area contributed by atoms with E-state index in [1.54, 1.807) is 0 Å². The maximum Gasteiger partial charge on any atom is 0.260 e. The summed E-state index contributed by atoms with van der Waals surface area (Å²) >= 11 is 0. The van der Waals surface area contributed by atoms with Crippen molar-refractivity contribution in [2.45, 2.75) is 45.2 Å². The molecular weight excluding hydrogens is 298 g/mol. The molecule has 0 spiro atoms. The Balaban J connectivity index is 1.54. The highest BCUT2D eigenvalue weighted by molar-refractivity contribution is 5.78. The maximum absolute atomic E-state index is 12.3. The van der Waals surface area contributed by atoms with Gasteiger partial charge in [0.05, 0.1) is 0 Å². The summed E-state index contributed by atoms with van der Waals surface area (Å²) in [7, 11) is 0. The lowest BCUT2D eigenvalue weighted by Gasteiger charge is -2.26. The zero-order valence-electron chi connectivity index (χ0n) is 14.4. The molecule has 2 aromatic rings. The molecule has 2 atom stereocenters. The summed E-state index contributed by atoms with van der Waals surface area (Å²) in [4.78, 5) is 14.3. The van der Waals surface area contributed by atoms with Crippen molar-refractivity contribution in [1.29, 1.82) is 0 Å². The summed E-state index contributed by atoms with van der Waals surface area (Å²) < 4.78 is 5.69. The van der Waals surface area contributed by atoms with Gasteiger partial charge in [-0.15, -0.1) is 0 Å². The standard InChI is InChI=1S/C21H25NO2/c1-16-8-9-17(2)22(16)21(23)15-24-20-12-10-19(11-13-20)14-18-6-4-3-5-7-18/h3-7,10-13,16-17H,8-9,14-15H2,1-2H3. The number of likely N-dealkylation sites (tertiary alicyclic amines) is 1. The van der Waals surface area contributed by atoms with Gasteiger partial charge in [-0.25, -0.2) is 0 Å². The molecule has 0 bridgehead atoms. The molecule has 0 N–H and O–H groups in total. The Morgan fingerprint density at radius 2 is 1.54 bits per heavy atom. The van der Waals surface area contributed by atoms with E-state index in [-0.39, 0.29) is 12.5 Å². The molecule has 3 rings (SSSR count). The molecule has 3 heteroatoms. The second-order valence-electron chi connectivity index (χ2n) is 6.67. The van der Waals surface area contributed by atoms with Gasteiger partial charge in [-0.2, -0.15) is 0 Å². The van der Waals surface area contributed by atoms with Crippen molar-refractivity contribution in [3.63, 3.8) is 0 Å². The fourth-order valence-corrected chi connectivity index (χ4v) is 3.44. The summed E-state index contributed by atoms with van der Waals surface area (Å²) in [5.41, 5.74) is 2.53. The van der Waals surface area contributed by atoms with E-state index in [1.807, 2.05) is 23.1 Å². The lowest BCUT2D eigenvalue weighted by Crippen LogP contribution is -2.41. The molecule has 2 aromatic carbocycles. The summed E-state index contributed by atoms with van der Waals surface area (Å²) in [5, 5.41) is 0. The number of rotatable bonds is 5. The van der Waals surface area contributed by atoms with Gasteiger partial charge < -0.3 is 9.64 Å². The minimum atomic E-state index is 0.0841. The molecule has 2 unspecified atom stereocenters. The van der Waals surface area contributed by atoms with Gasteiger partial charge in [0.15, 0.2) is 6.61 Å². The van der Waals surface area contributed by atoms with Gasteiger partial charge in [-0.05, 0) is 56.4 Å². The van der Waals surface area contributed by atoms with Crippen LogP contribution in [0, 0.1) is 0 Å². The van der Waals surface area contributed by atoms with E-state index in [4.69, 9.17) is 4.74 Å². The van der Waals surface area contributed by atoms with Crippen molar-refractivity contribution in [3.05, 3.63) is 65.7 Å². The highest BCUT2D eigenvalue weighted by atomic mass is 16.5. The molecule has 0 radical (unpaired) electrons. The van der Waals surface area contributed by atoms with Crippen molar-refractivity contribution in [2.75, 3.05) is 6.61 Å². The van der Waals surface area contributed by atoms with E-state index in [2.05, 4.69) is 50.2 Å². The maximum atomic E-state index is 12.3. The lowest BCUT2D eigenvalue weighted by molar-refractivity contribution is -0.135.